The number of amides is 1. The molecule has 0 saturated carbocycles. The van der Waals surface area contributed by atoms with Crippen LogP contribution in [0.4, 0.5) is 4.79 Å². The Hall–Kier alpha value is -1.56. The average molecular weight is 342 g/mol. The number of carbonyl (C=O) groups excluding carboxylic acids is 1. The van der Waals surface area contributed by atoms with E-state index in [1.165, 1.54) is 6.20 Å². The number of hydrogen-bond donors (Lipinski definition) is 0. The van der Waals surface area contributed by atoms with E-state index in [0.717, 1.165) is 12.8 Å². The molecule has 1 aromatic rings. The lowest BCUT2D eigenvalue weighted by Gasteiger charge is -2.27. The van der Waals surface area contributed by atoms with Crippen molar-refractivity contribution in [2.24, 2.45) is 5.92 Å². The molecule has 2 rings (SSSR count). The van der Waals surface area contributed by atoms with Crippen LogP contribution >= 0.6 is 11.6 Å². The molecule has 1 aliphatic rings. The Bertz CT molecular complexity index is 548. The van der Waals surface area contributed by atoms with E-state index in [1.54, 1.807) is 11.1 Å². The van der Waals surface area contributed by atoms with Gasteiger partial charge in [-0.2, -0.15) is 4.98 Å². The van der Waals surface area contributed by atoms with E-state index in [4.69, 9.17) is 21.1 Å². The Labute approximate surface area is 142 Å². The van der Waals surface area contributed by atoms with Gasteiger partial charge in [0.25, 0.3) is 0 Å². The molecule has 128 valence electrons. The molecule has 0 bridgehead atoms. The van der Waals surface area contributed by atoms with Crippen LogP contribution in [0.15, 0.2) is 12.4 Å². The zero-order valence-electron chi connectivity index (χ0n) is 14.1. The minimum Gasteiger partial charge on any atom is -0.473 e. The number of aromatic nitrogens is 2. The summed E-state index contributed by atoms with van der Waals surface area (Å²) in [5.74, 6) is 0.725. The molecule has 1 saturated heterocycles. The third-order valence-electron chi connectivity index (χ3n) is 3.44. The molecule has 0 radical (unpaired) electrons. The maximum Gasteiger partial charge on any atom is 0.410 e. The minimum atomic E-state index is -0.487. The Kier molecular flexibility index (Phi) is 5.68. The van der Waals surface area contributed by atoms with E-state index in [9.17, 15) is 4.79 Å². The van der Waals surface area contributed by atoms with Gasteiger partial charge in [-0.25, -0.2) is 4.79 Å². The maximum atomic E-state index is 12.2. The third-order valence-corrected chi connectivity index (χ3v) is 3.62. The highest BCUT2D eigenvalue weighted by Crippen LogP contribution is 2.22. The summed E-state index contributed by atoms with van der Waals surface area (Å²) in [5.41, 5.74) is -0.487. The largest absolute Gasteiger partial charge is 0.473 e. The van der Waals surface area contributed by atoms with Crippen LogP contribution in [0.3, 0.4) is 0 Å². The van der Waals surface area contributed by atoms with Crippen LogP contribution in [-0.2, 0) is 4.74 Å². The standard InChI is InChI=1S/C16H24ClN3O3/c1-11-7-12(22-14-9-18-8-13(17)19-14)5-6-20(10-11)15(21)23-16(2,3)4/h8-9,11-12H,5-7,10H2,1-4H3/t11-,12?/m0/s1. The predicted octanol–water partition coefficient (Wildman–Crippen LogP) is 3.54. The van der Waals surface area contributed by atoms with Gasteiger partial charge in [-0.3, -0.25) is 4.98 Å². The van der Waals surface area contributed by atoms with Crippen molar-refractivity contribution < 1.29 is 14.3 Å². The van der Waals surface area contributed by atoms with Crippen molar-refractivity contribution in [2.75, 3.05) is 13.1 Å². The second-order valence-corrected chi connectivity index (χ2v) is 7.36. The lowest BCUT2D eigenvalue weighted by molar-refractivity contribution is 0.0236. The SMILES string of the molecule is C[C@H]1CC(Oc2cncc(Cl)n2)CCN(C(=O)OC(C)(C)C)C1. The second kappa shape index (κ2) is 7.34. The molecule has 0 aliphatic carbocycles. The number of nitrogens with zero attached hydrogens (tertiary/aromatic N) is 3. The molecule has 1 aromatic heterocycles. The molecule has 6 nitrogen and oxygen atoms in total. The van der Waals surface area contributed by atoms with Gasteiger partial charge in [0.05, 0.1) is 12.4 Å². The van der Waals surface area contributed by atoms with Gasteiger partial charge in [0.1, 0.15) is 11.7 Å². The van der Waals surface area contributed by atoms with Crippen LogP contribution in [0, 0.1) is 5.92 Å². The molecule has 2 atom stereocenters. The van der Waals surface area contributed by atoms with E-state index >= 15 is 0 Å². The number of carbonyl (C=O) groups is 1. The monoisotopic (exact) mass is 341 g/mol. The number of halogens is 1. The van der Waals surface area contributed by atoms with Gasteiger partial charge in [-0.1, -0.05) is 18.5 Å². The fourth-order valence-corrected chi connectivity index (χ4v) is 2.70. The Morgan fingerprint density at radius 3 is 2.78 bits per heavy atom. The number of rotatable bonds is 2. The fraction of sp³-hybridized carbons (Fsp3) is 0.688. The molecule has 23 heavy (non-hydrogen) atoms. The predicted molar refractivity (Wildman–Crippen MR) is 87.7 cm³/mol. The van der Waals surface area contributed by atoms with E-state index in [1.807, 2.05) is 20.8 Å². The Morgan fingerprint density at radius 2 is 2.13 bits per heavy atom. The van der Waals surface area contributed by atoms with Crippen molar-refractivity contribution in [3.8, 4) is 5.88 Å². The fourth-order valence-electron chi connectivity index (χ4n) is 2.56. The van der Waals surface area contributed by atoms with Crippen LogP contribution in [0.25, 0.3) is 0 Å². The highest BCUT2D eigenvalue weighted by Gasteiger charge is 2.29. The Morgan fingerprint density at radius 1 is 1.39 bits per heavy atom. The first-order valence-corrected chi connectivity index (χ1v) is 8.23. The first-order chi connectivity index (χ1) is 10.7. The molecule has 1 aliphatic heterocycles. The average Bonchev–Trinajstić information content (AvgIpc) is 2.58. The summed E-state index contributed by atoms with van der Waals surface area (Å²) < 4.78 is 11.3. The maximum absolute atomic E-state index is 12.2. The zero-order valence-corrected chi connectivity index (χ0v) is 14.8. The van der Waals surface area contributed by atoms with Crippen LogP contribution in [-0.4, -0.2) is 45.8 Å². The summed E-state index contributed by atoms with van der Waals surface area (Å²) in [5, 5.41) is 0.305. The van der Waals surface area contributed by atoms with Crippen LogP contribution in [0.1, 0.15) is 40.5 Å². The summed E-state index contributed by atoms with van der Waals surface area (Å²) in [7, 11) is 0. The molecule has 0 spiro atoms. The zero-order chi connectivity index (χ0) is 17.0. The number of hydrogen-bond acceptors (Lipinski definition) is 5. The van der Waals surface area contributed by atoms with Gasteiger partial charge < -0.3 is 14.4 Å². The Balaban J connectivity index is 1.96. The van der Waals surface area contributed by atoms with Crippen molar-refractivity contribution in [3.05, 3.63) is 17.5 Å². The van der Waals surface area contributed by atoms with E-state index in [0.29, 0.717) is 30.0 Å². The highest BCUT2D eigenvalue weighted by molar-refractivity contribution is 6.29. The summed E-state index contributed by atoms with van der Waals surface area (Å²) in [4.78, 5) is 22.1. The molecule has 0 aromatic carbocycles. The van der Waals surface area contributed by atoms with Crippen molar-refractivity contribution in [2.45, 2.75) is 52.2 Å². The number of ether oxygens (including phenoxy) is 2. The quantitative estimate of drug-likeness (QED) is 0.823. The van der Waals surface area contributed by atoms with E-state index < -0.39 is 5.60 Å². The number of likely N-dealkylation sites (tertiary alicyclic amines) is 1. The van der Waals surface area contributed by atoms with Crippen molar-refractivity contribution in [1.82, 2.24) is 14.9 Å². The molecule has 2 heterocycles. The molecule has 1 unspecified atom stereocenters. The summed E-state index contributed by atoms with van der Waals surface area (Å²) in [6, 6.07) is 0. The van der Waals surface area contributed by atoms with Gasteiger partial charge in [0, 0.05) is 19.5 Å². The first kappa shape index (κ1) is 17.8. The molecular formula is C16H24ClN3O3. The summed E-state index contributed by atoms with van der Waals surface area (Å²) >= 11 is 5.83. The van der Waals surface area contributed by atoms with Gasteiger partial charge in [0.15, 0.2) is 5.15 Å². The van der Waals surface area contributed by atoms with Crippen molar-refractivity contribution in [1.29, 1.82) is 0 Å². The van der Waals surface area contributed by atoms with Crippen LogP contribution in [0.2, 0.25) is 5.15 Å². The van der Waals surface area contributed by atoms with Gasteiger partial charge in [-0.05, 0) is 33.1 Å². The van der Waals surface area contributed by atoms with E-state index in [-0.39, 0.29) is 12.2 Å². The molecule has 7 heteroatoms. The molecule has 1 amide bonds. The lowest BCUT2D eigenvalue weighted by Crippen LogP contribution is -2.38. The van der Waals surface area contributed by atoms with Crippen LogP contribution < -0.4 is 4.74 Å². The minimum absolute atomic E-state index is 0.0230. The topological polar surface area (TPSA) is 64.6 Å². The first-order valence-electron chi connectivity index (χ1n) is 7.85. The lowest BCUT2D eigenvalue weighted by atomic mass is 10.0. The summed E-state index contributed by atoms with van der Waals surface area (Å²) in [6.45, 7) is 8.97. The molecule has 1 fully saturated rings. The third kappa shape index (κ3) is 5.86. The normalized spacial score (nSPS) is 22.4. The molecule has 0 N–H and O–H groups in total. The highest BCUT2D eigenvalue weighted by atomic mass is 35.5. The molecular weight excluding hydrogens is 318 g/mol. The second-order valence-electron chi connectivity index (χ2n) is 6.98. The smallest absolute Gasteiger partial charge is 0.410 e. The van der Waals surface area contributed by atoms with Crippen molar-refractivity contribution in [3.63, 3.8) is 0 Å². The van der Waals surface area contributed by atoms with Crippen molar-refractivity contribution >= 4 is 17.7 Å². The van der Waals surface area contributed by atoms with Gasteiger partial charge >= 0.3 is 6.09 Å². The van der Waals surface area contributed by atoms with Crippen LogP contribution in [0.5, 0.6) is 5.88 Å². The van der Waals surface area contributed by atoms with Gasteiger partial charge in [-0.15, -0.1) is 0 Å². The van der Waals surface area contributed by atoms with Gasteiger partial charge in [0.2, 0.25) is 5.88 Å². The van der Waals surface area contributed by atoms with E-state index in [2.05, 4.69) is 16.9 Å². The summed E-state index contributed by atoms with van der Waals surface area (Å²) in [6.07, 6.45) is 4.28.